The highest BCUT2D eigenvalue weighted by molar-refractivity contribution is 7.89. The van der Waals surface area contributed by atoms with Crippen LogP contribution in [-0.4, -0.2) is 41.5 Å². The Kier molecular flexibility index (Phi) is 6.75. The molecular formula is C27H25ClN2O5S. The number of sulfonamides is 1. The van der Waals surface area contributed by atoms with Crippen LogP contribution in [0.1, 0.15) is 24.3 Å². The lowest BCUT2D eigenvalue weighted by molar-refractivity contribution is -0.137. The van der Waals surface area contributed by atoms with Crippen LogP contribution in [0.5, 0.6) is 11.5 Å². The Bertz CT molecular complexity index is 1490. The van der Waals surface area contributed by atoms with E-state index in [2.05, 4.69) is 0 Å². The standard InChI is InChI=1S/C27H25ClN2O5S/c28-20-6-11-26-24(16-20)25(17-29(26)18-27(31)32)19-12-14-30(15-13-19)36(33,34)23-9-7-22(8-10-23)35-21-4-2-1-3-5-21/h1-11,16-17,19H,12-15,18H2,(H,31,32). The highest BCUT2D eigenvalue weighted by Gasteiger charge is 2.31. The number of ether oxygens (including phenoxy) is 1. The molecule has 0 spiro atoms. The largest absolute Gasteiger partial charge is 0.480 e. The van der Waals surface area contributed by atoms with Crippen LogP contribution in [-0.2, 0) is 21.4 Å². The van der Waals surface area contributed by atoms with Crippen LogP contribution in [0.4, 0.5) is 0 Å². The number of aliphatic carboxylic acids is 1. The minimum absolute atomic E-state index is 0.106. The third kappa shape index (κ3) is 4.97. The van der Waals surface area contributed by atoms with Crippen LogP contribution in [0.2, 0.25) is 5.02 Å². The maximum atomic E-state index is 13.3. The predicted octanol–water partition coefficient (Wildman–Crippen LogP) is 5.74. The van der Waals surface area contributed by atoms with Gasteiger partial charge in [0.15, 0.2) is 0 Å². The zero-order valence-corrected chi connectivity index (χ0v) is 21.0. The molecule has 1 fully saturated rings. The van der Waals surface area contributed by atoms with Crippen molar-refractivity contribution in [3.63, 3.8) is 0 Å². The molecule has 1 aliphatic heterocycles. The van der Waals surface area contributed by atoms with Gasteiger partial charge in [-0.2, -0.15) is 4.31 Å². The molecule has 0 unspecified atom stereocenters. The molecule has 1 N–H and O–H groups in total. The van der Waals surface area contributed by atoms with E-state index in [1.54, 1.807) is 34.9 Å². The van der Waals surface area contributed by atoms with E-state index in [9.17, 15) is 18.3 Å². The third-order valence-corrected chi connectivity index (χ3v) is 8.66. The van der Waals surface area contributed by atoms with E-state index in [1.807, 2.05) is 48.7 Å². The zero-order valence-electron chi connectivity index (χ0n) is 19.4. The molecule has 0 amide bonds. The van der Waals surface area contributed by atoms with Crippen molar-refractivity contribution in [3.05, 3.63) is 89.6 Å². The second-order valence-corrected chi connectivity index (χ2v) is 11.2. The van der Waals surface area contributed by atoms with Crippen LogP contribution in [0.3, 0.4) is 0 Å². The van der Waals surface area contributed by atoms with Gasteiger partial charge in [0.2, 0.25) is 10.0 Å². The summed E-state index contributed by atoms with van der Waals surface area (Å²) < 4.78 is 35.6. The number of para-hydroxylation sites is 1. The first-order valence-corrected chi connectivity index (χ1v) is 13.5. The lowest BCUT2D eigenvalue weighted by Crippen LogP contribution is -2.37. The first-order valence-electron chi connectivity index (χ1n) is 11.6. The Morgan fingerprint density at radius 3 is 2.31 bits per heavy atom. The van der Waals surface area contributed by atoms with E-state index in [4.69, 9.17) is 16.3 Å². The second kappa shape index (κ2) is 9.97. The lowest BCUT2D eigenvalue weighted by atomic mass is 9.90. The van der Waals surface area contributed by atoms with E-state index >= 15 is 0 Å². The topological polar surface area (TPSA) is 88.8 Å². The second-order valence-electron chi connectivity index (χ2n) is 8.83. The Morgan fingerprint density at radius 1 is 0.972 bits per heavy atom. The fraction of sp³-hybridized carbons (Fsp3) is 0.222. The smallest absolute Gasteiger partial charge is 0.323 e. The van der Waals surface area contributed by atoms with Gasteiger partial charge in [0.25, 0.3) is 0 Å². The van der Waals surface area contributed by atoms with E-state index in [0.717, 1.165) is 16.5 Å². The average molecular weight is 525 g/mol. The normalized spacial score (nSPS) is 15.2. The Morgan fingerprint density at radius 2 is 1.64 bits per heavy atom. The van der Waals surface area contributed by atoms with Gasteiger partial charge in [-0.25, -0.2) is 8.42 Å². The molecule has 1 saturated heterocycles. The highest BCUT2D eigenvalue weighted by atomic mass is 35.5. The van der Waals surface area contributed by atoms with E-state index < -0.39 is 16.0 Å². The Balaban J connectivity index is 1.31. The summed E-state index contributed by atoms with van der Waals surface area (Å²) in [6, 6.07) is 21.2. The molecule has 9 heteroatoms. The fourth-order valence-corrected chi connectivity index (χ4v) is 6.40. The van der Waals surface area contributed by atoms with Crippen LogP contribution >= 0.6 is 11.6 Å². The monoisotopic (exact) mass is 524 g/mol. The molecule has 1 aromatic heterocycles. The molecule has 7 nitrogen and oxygen atoms in total. The van der Waals surface area contributed by atoms with Crippen molar-refractivity contribution in [2.45, 2.75) is 30.2 Å². The maximum Gasteiger partial charge on any atom is 0.323 e. The number of hydrogen-bond donors (Lipinski definition) is 1. The van der Waals surface area contributed by atoms with Gasteiger partial charge < -0.3 is 14.4 Å². The van der Waals surface area contributed by atoms with Gasteiger partial charge in [0.05, 0.1) is 4.90 Å². The summed E-state index contributed by atoms with van der Waals surface area (Å²) in [5.74, 6) is 0.431. The van der Waals surface area contributed by atoms with Gasteiger partial charge in [-0.1, -0.05) is 29.8 Å². The van der Waals surface area contributed by atoms with Gasteiger partial charge in [-0.15, -0.1) is 0 Å². The lowest BCUT2D eigenvalue weighted by Gasteiger charge is -2.31. The molecule has 5 rings (SSSR count). The van der Waals surface area contributed by atoms with E-state index in [1.165, 1.54) is 4.31 Å². The summed E-state index contributed by atoms with van der Waals surface area (Å²) in [6.45, 7) is 0.609. The zero-order chi connectivity index (χ0) is 25.3. The molecule has 0 saturated carbocycles. The van der Waals surface area contributed by atoms with Crippen molar-refractivity contribution in [2.75, 3.05) is 13.1 Å². The molecule has 2 heterocycles. The van der Waals surface area contributed by atoms with Crippen LogP contribution in [0, 0.1) is 0 Å². The van der Waals surface area contributed by atoms with Crippen LogP contribution in [0.15, 0.2) is 83.9 Å². The molecular weight excluding hydrogens is 500 g/mol. The molecule has 0 atom stereocenters. The summed E-state index contributed by atoms with van der Waals surface area (Å²) in [4.78, 5) is 11.6. The number of nitrogens with zero attached hydrogens (tertiary/aromatic N) is 2. The number of aromatic nitrogens is 1. The van der Waals surface area contributed by atoms with Crippen molar-refractivity contribution in [1.29, 1.82) is 0 Å². The van der Waals surface area contributed by atoms with Gasteiger partial charge >= 0.3 is 5.97 Å². The summed E-state index contributed by atoms with van der Waals surface area (Å²) in [5, 5.41) is 10.8. The minimum Gasteiger partial charge on any atom is -0.480 e. The van der Waals surface area contributed by atoms with Crippen molar-refractivity contribution in [3.8, 4) is 11.5 Å². The van der Waals surface area contributed by atoms with Gasteiger partial charge in [0, 0.05) is 35.2 Å². The summed E-state index contributed by atoms with van der Waals surface area (Å²) in [5.41, 5.74) is 1.82. The number of fused-ring (bicyclic) bond motifs is 1. The fourth-order valence-electron chi connectivity index (χ4n) is 4.76. The molecule has 0 radical (unpaired) electrons. The molecule has 186 valence electrons. The molecule has 3 aromatic carbocycles. The van der Waals surface area contributed by atoms with Crippen molar-refractivity contribution in [2.24, 2.45) is 0 Å². The van der Waals surface area contributed by atoms with E-state index in [0.29, 0.717) is 42.5 Å². The number of rotatable bonds is 7. The molecule has 36 heavy (non-hydrogen) atoms. The quantitative estimate of drug-likeness (QED) is 0.333. The maximum absolute atomic E-state index is 13.3. The SMILES string of the molecule is O=C(O)Cn1cc(C2CCN(S(=O)(=O)c3ccc(Oc4ccccc4)cc3)CC2)c2cc(Cl)ccc21. The van der Waals surface area contributed by atoms with Crippen molar-refractivity contribution in [1.82, 2.24) is 8.87 Å². The number of hydrogen-bond acceptors (Lipinski definition) is 4. The van der Waals surface area contributed by atoms with Crippen molar-refractivity contribution >= 4 is 38.5 Å². The number of halogens is 1. The average Bonchev–Trinajstić information content (AvgIpc) is 3.21. The molecule has 0 aliphatic carbocycles. The molecule has 4 aromatic rings. The van der Waals surface area contributed by atoms with Gasteiger partial charge in [-0.3, -0.25) is 4.79 Å². The number of carboxylic acid groups (broad SMARTS) is 1. The van der Waals surface area contributed by atoms with Crippen LogP contribution in [0.25, 0.3) is 10.9 Å². The summed E-state index contributed by atoms with van der Waals surface area (Å²) >= 11 is 6.23. The number of carbonyl (C=O) groups is 1. The molecule has 1 aliphatic rings. The van der Waals surface area contributed by atoms with Crippen molar-refractivity contribution < 1.29 is 23.1 Å². The molecule has 0 bridgehead atoms. The van der Waals surface area contributed by atoms with Gasteiger partial charge in [0.1, 0.15) is 18.0 Å². The Hall–Kier alpha value is -3.33. The van der Waals surface area contributed by atoms with E-state index in [-0.39, 0.29) is 17.4 Å². The predicted molar refractivity (Wildman–Crippen MR) is 138 cm³/mol. The van der Waals surface area contributed by atoms with Gasteiger partial charge in [-0.05, 0) is 78.9 Å². The highest BCUT2D eigenvalue weighted by Crippen LogP contribution is 2.37. The number of piperidine rings is 1. The Labute approximate surface area is 214 Å². The third-order valence-electron chi connectivity index (χ3n) is 6.51. The first-order chi connectivity index (χ1) is 17.3. The summed E-state index contributed by atoms with van der Waals surface area (Å²) in [6.07, 6.45) is 3.13. The van der Waals surface area contributed by atoms with Crippen LogP contribution < -0.4 is 4.74 Å². The number of benzene rings is 3. The first kappa shape index (κ1) is 24.4. The minimum atomic E-state index is -3.64. The number of carboxylic acids is 1. The summed E-state index contributed by atoms with van der Waals surface area (Å²) in [7, 11) is -3.64.